The molecule has 0 saturated carbocycles. The van der Waals surface area contributed by atoms with Gasteiger partial charge in [-0.3, -0.25) is 10.1 Å². The van der Waals surface area contributed by atoms with Crippen molar-refractivity contribution in [2.24, 2.45) is 0 Å². The zero-order valence-electron chi connectivity index (χ0n) is 14.6. The molecule has 0 amide bonds. The molecule has 0 aliphatic heterocycles. The number of hydrogen-bond donors (Lipinski definition) is 0. The van der Waals surface area contributed by atoms with E-state index in [9.17, 15) is 10.1 Å². The largest absolute Gasteiger partial charge is 0.456 e. The average Bonchev–Trinajstić information content (AvgIpc) is 3.37. The molecule has 0 N–H and O–H groups in total. The van der Waals surface area contributed by atoms with Gasteiger partial charge in [0.05, 0.1) is 12.1 Å². The maximum Gasteiger partial charge on any atom is 0.433 e. The van der Waals surface area contributed by atoms with E-state index < -0.39 is 4.92 Å². The lowest BCUT2D eigenvalue weighted by Gasteiger charge is -1.98. The molecule has 4 aromatic rings. The Morgan fingerprint density at radius 3 is 2.29 bits per heavy atom. The predicted octanol–water partition coefficient (Wildman–Crippen LogP) is 5.36. The molecule has 4 rings (SSSR count). The first-order chi connectivity index (χ1) is 13.2. The average molecular weight is 440 g/mol. The van der Waals surface area contributed by atoms with Crippen LogP contribution in [0.15, 0.2) is 94.0 Å². The molecule has 0 saturated heterocycles. The Hall–Kier alpha value is -3.45. The smallest absolute Gasteiger partial charge is 0.433 e. The van der Waals surface area contributed by atoms with Crippen LogP contribution in [-0.4, -0.2) is 4.92 Å². The summed E-state index contributed by atoms with van der Waals surface area (Å²) in [7, 11) is 0. The monoisotopic (exact) mass is 439 g/mol. The van der Waals surface area contributed by atoms with Gasteiger partial charge in [-0.15, -0.1) is 17.0 Å². The molecule has 28 heavy (non-hydrogen) atoms. The third-order valence-corrected chi connectivity index (χ3v) is 3.98. The van der Waals surface area contributed by atoms with Gasteiger partial charge in [0.2, 0.25) is 5.76 Å². The van der Waals surface area contributed by atoms with Gasteiger partial charge in [-0.2, -0.15) is 4.57 Å². The van der Waals surface area contributed by atoms with Gasteiger partial charge in [-0.25, -0.2) is 0 Å². The van der Waals surface area contributed by atoms with E-state index in [4.69, 9.17) is 8.83 Å². The Kier molecular flexibility index (Phi) is 5.86. The summed E-state index contributed by atoms with van der Waals surface area (Å²) in [5.74, 6) is 1.41. The highest BCUT2D eigenvalue weighted by Crippen LogP contribution is 2.26. The quantitative estimate of drug-likeness (QED) is 0.238. The normalized spacial score (nSPS) is 11.1. The second-order valence-corrected chi connectivity index (χ2v) is 5.78. The van der Waals surface area contributed by atoms with E-state index in [0.717, 1.165) is 11.3 Å². The van der Waals surface area contributed by atoms with Crippen molar-refractivity contribution in [3.8, 4) is 11.3 Å². The topological polar surface area (TPSA) is 73.3 Å². The third kappa shape index (κ3) is 4.10. The first-order valence-electron chi connectivity index (χ1n) is 8.29. The SMILES string of the molecule is Br.O=[N+]([O-])c1ccc(/C(=C/c2ccc(-c3ccccc3)o2)[n+]2ccccc2)o1. The Labute approximate surface area is 171 Å². The number of aromatic nitrogens is 1. The third-order valence-electron chi connectivity index (χ3n) is 3.98. The van der Waals surface area contributed by atoms with Crippen LogP contribution in [0.5, 0.6) is 0 Å². The summed E-state index contributed by atoms with van der Waals surface area (Å²) in [6, 6.07) is 22.0. The summed E-state index contributed by atoms with van der Waals surface area (Å²) >= 11 is 0. The fourth-order valence-electron chi connectivity index (χ4n) is 2.72. The van der Waals surface area contributed by atoms with Gasteiger partial charge in [0, 0.05) is 17.7 Å². The van der Waals surface area contributed by atoms with Gasteiger partial charge in [-0.1, -0.05) is 36.4 Å². The number of furan rings is 2. The molecule has 0 fully saturated rings. The van der Waals surface area contributed by atoms with Crippen molar-refractivity contribution in [1.29, 1.82) is 0 Å². The maximum absolute atomic E-state index is 11.0. The van der Waals surface area contributed by atoms with Gasteiger partial charge in [0.1, 0.15) is 16.4 Å². The lowest BCUT2D eigenvalue weighted by atomic mass is 10.2. The molecule has 3 aromatic heterocycles. The van der Waals surface area contributed by atoms with Crippen molar-refractivity contribution >= 4 is 34.6 Å². The second-order valence-electron chi connectivity index (χ2n) is 5.78. The van der Waals surface area contributed by atoms with Gasteiger partial charge in [0.15, 0.2) is 12.4 Å². The number of rotatable bonds is 5. The summed E-state index contributed by atoms with van der Waals surface area (Å²) in [6.07, 6.45) is 5.46. The number of pyridine rings is 1. The molecule has 3 heterocycles. The van der Waals surface area contributed by atoms with Crippen LogP contribution >= 0.6 is 17.0 Å². The molecular formula is C21H16BrN2O4+. The Morgan fingerprint density at radius 2 is 1.61 bits per heavy atom. The number of nitrogens with zero attached hydrogens (tertiary/aromatic N) is 2. The van der Waals surface area contributed by atoms with Crippen molar-refractivity contribution in [2.45, 2.75) is 0 Å². The van der Waals surface area contributed by atoms with Crippen molar-refractivity contribution < 1.29 is 18.3 Å². The van der Waals surface area contributed by atoms with Crippen LogP contribution in [-0.2, 0) is 0 Å². The highest BCUT2D eigenvalue weighted by atomic mass is 79.9. The molecule has 0 atom stereocenters. The van der Waals surface area contributed by atoms with Crippen LogP contribution in [0.25, 0.3) is 23.1 Å². The number of nitro groups is 1. The molecule has 0 aliphatic rings. The summed E-state index contributed by atoms with van der Waals surface area (Å²) in [5, 5.41) is 11.0. The maximum atomic E-state index is 11.0. The van der Waals surface area contributed by atoms with Gasteiger partial charge >= 0.3 is 5.88 Å². The molecule has 0 spiro atoms. The van der Waals surface area contributed by atoms with E-state index in [-0.39, 0.29) is 22.9 Å². The van der Waals surface area contributed by atoms with Gasteiger partial charge < -0.3 is 8.83 Å². The van der Waals surface area contributed by atoms with Crippen LogP contribution < -0.4 is 4.57 Å². The van der Waals surface area contributed by atoms with Crippen LogP contribution in [0.1, 0.15) is 11.5 Å². The van der Waals surface area contributed by atoms with E-state index in [1.165, 1.54) is 6.07 Å². The highest BCUT2D eigenvalue weighted by molar-refractivity contribution is 8.93. The van der Waals surface area contributed by atoms with E-state index >= 15 is 0 Å². The zero-order chi connectivity index (χ0) is 18.6. The minimum absolute atomic E-state index is 0. The molecular weight excluding hydrogens is 424 g/mol. The lowest BCUT2D eigenvalue weighted by Crippen LogP contribution is -2.31. The molecule has 0 aliphatic carbocycles. The zero-order valence-corrected chi connectivity index (χ0v) is 16.3. The van der Waals surface area contributed by atoms with Crippen LogP contribution in [0.2, 0.25) is 0 Å². The fourth-order valence-corrected chi connectivity index (χ4v) is 2.72. The Bertz CT molecular complexity index is 1100. The molecule has 0 bridgehead atoms. The standard InChI is InChI=1S/C21H15N2O4.BrH/c24-23(25)21-12-11-20(27-21)18(22-13-5-2-6-14-22)15-17-9-10-19(26-17)16-7-3-1-4-8-16;/h1-15H;1H/q+1;/b18-15-;. The van der Waals surface area contributed by atoms with Crippen molar-refractivity contribution in [3.63, 3.8) is 0 Å². The van der Waals surface area contributed by atoms with Crippen LogP contribution in [0, 0.1) is 10.1 Å². The molecule has 7 heteroatoms. The summed E-state index contributed by atoms with van der Waals surface area (Å²) < 4.78 is 13.1. The minimum atomic E-state index is -0.558. The summed E-state index contributed by atoms with van der Waals surface area (Å²) in [5.41, 5.74) is 1.59. The summed E-state index contributed by atoms with van der Waals surface area (Å²) in [4.78, 5) is 10.4. The van der Waals surface area contributed by atoms with Crippen molar-refractivity contribution in [3.05, 3.63) is 107 Å². The van der Waals surface area contributed by atoms with E-state index in [1.54, 1.807) is 12.1 Å². The highest BCUT2D eigenvalue weighted by Gasteiger charge is 2.22. The first kappa shape index (κ1) is 19.3. The van der Waals surface area contributed by atoms with Crippen LogP contribution in [0.4, 0.5) is 5.88 Å². The first-order valence-corrected chi connectivity index (χ1v) is 8.29. The minimum Gasteiger partial charge on any atom is -0.456 e. The van der Waals surface area contributed by atoms with E-state index in [2.05, 4.69) is 0 Å². The second kappa shape index (κ2) is 8.49. The fraction of sp³-hybridized carbons (Fsp3) is 0. The number of benzene rings is 1. The molecule has 6 nitrogen and oxygen atoms in total. The lowest BCUT2D eigenvalue weighted by molar-refractivity contribution is -0.579. The van der Waals surface area contributed by atoms with Crippen molar-refractivity contribution in [2.75, 3.05) is 0 Å². The number of hydrogen-bond acceptors (Lipinski definition) is 4. The predicted molar refractivity (Wildman–Crippen MR) is 110 cm³/mol. The Morgan fingerprint density at radius 1 is 0.893 bits per heavy atom. The van der Waals surface area contributed by atoms with Crippen molar-refractivity contribution in [1.82, 2.24) is 0 Å². The molecule has 0 unspecified atom stereocenters. The van der Waals surface area contributed by atoms with Gasteiger partial charge in [-0.05, 0) is 18.2 Å². The van der Waals surface area contributed by atoms with Crippen LogP contribution in [0.3, 0.4) is 0 Å². The van der Waals surface area contributed by atoms with E-state index in [0.29, 0.717) is 17.2 Å². The molecule has 1 aromatic carbocycles. The van der Waals surface area contributed by atoms with Gasteiger partial charge in [0.25, 0.3) is 5.70 Å². The Balaban J connectivity index is 0.00000225. The summed E-state index contributed by atoms with van der Waals surface area (Å²) in [6.45, 7) is 0. The molecule has 0 radical (unpaired) electrons. The number of halogens is 1. The molecule has 140 valence electrons. The van der Waals surface area contributed by atoms with E-state index in [1.807, 2.05) is 77.6 Å².